The summed E-state index contributed by atoms with van der Waals surface area (Å²) in [6.45, 7) is 0.148. The molecule has 1 aromatic carbocycles. The minimum atomic E-state index is -4.14. The first-order valence-corrected chi connectivity index (χ1v) is 8.27. The molecule has 0 amide bonds. The molecule has 1 aromatic rings. The molecule has 0 atom stereocenters. The van der Waals surface area contributed by atoms with Crippen LogP contribution >= 0.6 is 0 Å². The predicted molar refractivity (Wildman–Crippen MR) is 70.2 cm³/mol. The van der Waals surface area contributed by atoms with Crippen LogP contribution in [0.15, 0.2) is 23.1 Å². The van der Waals surface area contributed by atoms with Crippen LogP contribution in [0.4, 0.5) is 10.1 Å². The highest BCUT2D eigenvalue weighted by atomic mass is 32.2. The van der Waals surface area contributed by atoms with Gasteiger partial charge in [0.05, 0.1) is 17.2 Å². The van der Waals surface area contributed by atoms with Crippen LogP contribution in [-0.2, 0) is 25.0 Å². The van der Waals surface area contributed by atoms with E-state index in [2.05, 4.69) is 9.46 Å². The average molecular weight is 327 g/mol. The molecule has 1 rings (SSSR count). The van der Waals surface area contributed by atoms with Crippen molar-refractivity contribution in [2.45, 2.75) is 4.90 Å². The van der Waals surface area contributed by atoms with Crippen LogP contribution in [0.2, 0.25) is 0 Å². The molecule has 0 spiro atoms. The summed E-state index contributed by atoms with van der Waals surface area (Å²) in [4.78, 5) is -0.535. The van der Waals surface area contributed by atoms with Crippen LogP contribution in [0, 0.1) is 5.82 Å². The Hall–Kier alpha value is -1.27. The van der Waals surface area contributed by atoms with E-state index >= 15 is 0 Å². The fourth-order valence-corrected chi connectivity index (χ4v) is 2.68. The van der Waals surface area contributed by atoms with Gasteiger partial charge in [0.2, 0.25) is 10.0 Å². The highest BCUT2D eigenvalue weighted by Crippen LogP contribution is 2.17. The summed E-state index contributed by atoms with van der Waals surface area (Å²) in [5, 5.41) is 4.85. The summed E-state index contributed by atoms with van der Waals surface area (Å²) < 4.78 is 67.4. The summed E-state index contributed by atoms with van der Waals surface area (Å²) in [7, 11) is -6.71. The molecule has 114 valence electrons. The van der Waals surface area contributed by atoms with Crippen LogP contribution in [0.1, 0.15) is 0 Å². The molecule has 11 heteroatoms. The van der Waals surface area contributed by atoms with Gasteiger partial charge in [0.15, 0.2) is 0 Å². The molecule has 0 bridgehead atoms. The quantitative estimate of drug-likeness (QED) is 0.574. The second-order valence-corrected chi connectivity index (χ2v) is 6.77. The fourth-order valence-electron chi connectivity index (χ4n) is 1.26. The van der Waals surface area contributed by atoms with E-state index in [0.717, 1.165) is 12.1 Å². The highest BCUT2D eigenvalue weighted by Gasteiger charge is 2.14. The lowest BCUT2D eigenvalue weighted by Crippen LogP contribution is -2.32. The van der Waals surface area contributed by atoms with Crippen LogP contribution in [-0.4, -0.2) is 37.1 Å². The van der Waals surface area contributed by atoms with Crippen molar-refractivity contribution in [1.29, 1.82) is 0 Å². The van der Waals surface area contributed by atoms with E-state index in [4.69, 9.17) is 5.14 Å². The summed E-state index contributed by atoms with van der Waals surface area (Å²) >= 11 is 0. The Bertz CT molecular complexity index is 675. The van der Waals surface area contributed by atoms with Crippen molar-refractivity contribution < 1.29 is 26.0 Å². The maximum Gasteiger partial charge on any atom is 0.299 e. The van der Waals surface area contributed by atoms with Gasteiger partial charge < -0.3 is 4.74 Å². The van der Waals surface area contributed by atoms with Gasteiger partial charge in [-0.05, 0) is 18.2 Å². The van der Waals surface area contributed by atoms with E-state index in [0.29, 0.717) is 6.07 Å². The van der Waals surface area contributed by atoms with Gasteiger partial charge in [-0.15, -0.1) is 0 Å². The first-order valence-electron chi connectivity index (χ1n) is 5.24. The fraction of sp³-hybridized carbons (Fsp3) is 0.333. The van der Waals surface area contributed by atoms with Gasteiger partial charge in [-0.25, -0.2) is 17.9 Å². The third-order valence-corrected chi connectivity index (χ3v) is 4.03. The lowest BCUT2D eigenvalue weighted by molar-refractivity contribution is 0.204. The van der Waals surface area contributed by atoms with E-state index in [1.165, 1.54) is 7.11 Å². The number of benzene rings is 1. The number of sulfonamides is 1. The number of methoxy groups -OCH3 is 1. The van der Waals surface area contributed by atoms with Crippen LogP contribution in [0.5, 0.6) is 0 Å². The smallest absolute Gasteiger partial charge is 0.299 e. The minimum absolute atomic E-state index is 0.00317. The first-order chi connectivity index (χ1) is 9.14. The summed E-state index contributed by atoms with van der Waals surface area (Å²) in [6, 6.07) is 2.42. The number of nitrogens with one attached hydrogen (secondary N) is 2. The second kappa shape index (κ2) is 6.45. The zero-order valence-electron chi connectivity index (χ0n) is 10.5. The molecule has 0 unspecified atom stereocenters. The second-order valence-electron chi connectivity index (χ2n) is 3.71. The summed E-state index contributed by atoms with van der Waals surface area (Å²) in [5.41, 5.74) is -0.265. The minimum Gasteiger partial charge on any atom is -0.383 e. The van der Waals surface area contributed by atoms with E-state index in [1.807, 2.05) is 4.72 Å². The number of nitrogens with two attached hydrogens (primary N) is 1. The van der Waals surface area contributed by atoms with Gasteiger partial charge in [0.25, 0.3) is 10.2 Å². The Morgan fingerprint density at radius 3 is 2.45 bits per heavy atom. The van der Waals surface area contributed by atoms with Crippen LogP contribution < -0.4 is 14.6 Å². The zero-order valence-corrected chi connectivity index (χ0v) is 12.1. The number of anilines is 1. The first kappa shape index (κ1) is 16.8. The maximum absolute atomic E-state index is 13.2. The summed E-state index contributed by atoms with van der Waals surface area (Å²) in [6.07, 6.45) is 0. The third-order valence-electron chi connectivity index (χ3n) is 2.05. The third kappa shape index (κ3) is 5.38. The Morgan fingerprint density at radius 1 is 1.25 bits per heavy atom. The van der Waals surface area contributed by atoms with Crippen molar-refractivity contribution >= 4 is 25.9 Å². The largest absolute Gasteiger partial charge is 0.383 e. The Balaban J connectivity index is 2.96. The Morgan fingerprint density at radius 2 is 1.90 bits per heavy atom. The van der Waals surface area contributed by atoms with Crippen LogP contribution in [0.3, 0.4) is 0 Å². The number of ether oxygens (including phenoxy) is 1. The lowest BCUT2D eigenvalue weighted by Gasteiger charge is -2.10. The normalized spacial score (nSPS) is 12.3. The molecule has 0 aliphatic rings. The molecule has 0 fully saturated rings. The van der Waals surface area contributed by atoms with Crippen molar-refractivity contribution in [3.63, 3.8) is 0 Å². The Kier molecular flexibility index (Phi) is 5.42. The SMILES string of the molecule is COCCNS(=O)(=O)Nc1cc(F)cc(S(N)(=O)=O)c1. The molecule has 0 saturated heterocycles. The lowest BCUT2D eigenvalue weighted by atomic mass is 10.3. The standard InChI is InChI=1S/C9H14FN3O5S2/c1-18-3-2-12-20(16,17)13-8-4-7(10)5-9(6-8)19(11,14)15/h4-6,12-13H,2-3H2,1H3,(H2,11,14,15). The van der Waals surface area contributed by atoms with E-state index in [1.54, 1.807) is 0 Å². The van der Waals surface area contributed by atoms with Crippen molar-refractivity contribution in [3.8, 4) is 0 Å². The van der Waals surface area contributed by atoms with Gasteiger partial charge in [0.1, 0.15) is 5.82 Å². The number of rotatable bonds is 7. The molecule has 0 heterocycles. The molecular weight excluding hydrogens is 313 g/mol. The van der Waals surface area contributed by atoms with Gasteiger partial charge in [-0.1, -0.05) is 0 Å². The molecule has 8 nitrogen and oxygen atoms in total. The predicted octanol–water partition coefficient (Wildman–Crippen LogP) is -0.634. The van der Waals surface area contributed by atoms with Crippen molar-refractivity contribution in [2.24, 2.45) is 5.14 Å². The van der Waals surface area contributed by atoms with Crippen molar-refractivity contribution in [3.05, 3.63) is 24.0 Å². The van der Waals surface area contributed by atoms with Crippen molar-refractivity contribution in [1.82, 2.24) is 4.72 Å². The van der Waals surface area contributed by atoms with Gasteiger partial charge in [-0.3, -0.25) is 4.72 Å². The van der Waals surface area contributed by atoms with Gasteiger partial charge in [-0.2, -0.15) is 13.1 Å². The molecule has 0 saturated carbocycles. The maximum atomic E-state index is 13.2. The van der Waals surface area contributed by atoms with E-state index < -0.39 is 30.9 Å². The average Bonchev–Trinajstić information content (AvgIpc) is 2.26. The molecule has 20 heavy (non-hydrogen) atoms. The molecule has 0 radical (unpaired) electrons. The van der Waals surface area contributed by atoms with Crippen molar-refractivity contribution in [2.75, 3.05) is 25.0 Å². The van der Waals surface area contributed by atoms with E-state index in [9.17, 15) is 21.2 Å². The highest BCUT2D eigenvalue weighted by molar-refractivity contribution is 7.90. The molecular formula is C9H14FN3O5S2. The number of hydrogen-bond acceptors (Lipinski definition) is 5. The zero-order chi connectivity index (χ0) is 15.4. The number of hydrogen-bond donors (Lipinski definition) is 3. The van der Waals surface area contributed by atoms with Gasteiger partial charge in [0, 0.05) is 13.7 Å². The molecule has 0 aromatic heterocycles. The molecule has 4 N–H and O–H groups in total. The van der Waals surface area contributed by atoms with Gasteiger partial charge >= 0.3 is 0 Å². The number of halogens is 1. The number of primary sulfonamides is 1. The molecule has 0 aliphatic heterocycles. The monoisotopic (exact) mass is 327 g/mol. The summed E-state index contributed by atoms with van der Waals surface area (Å²) in [5.74, 6) is -0.939. The Labute approximate surface area is 116 Å². The van der Waals surface area contributed by atoms with Crippen LogP contribution in [0.25, 0.3) is 0 Å². The topological polar surface area (TPSA) is 128 Å². The van der Waals surface area contributed by atoms with E-state index in [-0.39, 0.29) is 18.8 Å². The molecule has 0 aliphatic carbocycles.